The van der Waals surface area contributed by atoms with E-state index in [9.17, 15) is 9.59 Å². The second kappa shape index (κ2) is 8.01. The Bertz CT molecular complexity index is 621. The van der Waals surface area contributed by atoms with E-state index in [0.29, 0.717) is 32.8 Å². The highest BCUT2D eigenvalue weighted by atomic mass is 16.5. The van der Waals surface area contributed by atoms with E-state index in [1.807, 2.05) is 17.9 Å². The molecule has 1 aromatic rings. The van der Waals surface area contributed by atoms with E-state index >= 15 is 0 Å². The molecular formula is C18H26N2O5. The molecule has 25 heavy (non-hydrogen) atoms. The highest BCUT2D eigenvalue weighted by Crippen LogP contribution is 2.23. The molecule has 1 aromatic heterocycles. The molecular weight excluding hydrogens is 324 g/mol. The normalized spacial score (nSPS) is 22.0. The first-order valence-corrected chi connectivity index (χ1v) is 8.85. The minimum Gasteiger partial charge on any atom is -0.463 e. The zero-order valence-electron chi connectivity index (χ0n) is 15.0. The molecule has 1 unspecified atom stereocenters. The van der Waals surface area contributed by atoms with Crippen LogP contribution in [0.15, 0.2) is 10.5 Å². The summed E-state index contributed by atoms with van der Waals surface area (Å²) >= 11 is 0. The van der Waals surface area contributed by atoms with Crippen LogP contribution in [-0.4, -0.2) is 68.2 Å². The second-order valence-electron chi connectivity index (χ2n) is 6.73. The van der Waals surface area contributed by atoms with Crippen molar-refractivity contribution in [2.75, 3.05) is 46.5 Å². The third kappa shape index (κ3) is 4.22. The van der Waals surface area contributed by atoms with Gasteiger partial charge in [0, 0.05) is 25.2 Å². The first-order valence-electron chi connectivity index (χ1n) is 8.85. The minimum absolute atomic E-state index is 0.0305. The largest absolute Gasteiger partial charge is 0.463 e. The zero-order chi connectivity index (χ0) is 17.8. The van der Waals surface area contributed by atoms with Gasteiger partial charge in [0.15, 0.2) is 0 Å². The van der Waals surface area contributed by atoms with E-state index in [1.54, 1.807) is 0 Å². The lowest BCUT2D eigenvalue weighted by Gasteiger charge is -2.35. The van der Waals surface area contributed by atoms with E-state index in [2.05, 4.69) is 4.90 Å². The molecule has 0 radical (unpaired) electrons. The molecule has 0 N–H and O–H groups in total. The molecule has 138 valence electrons. The molecule has 3 heterocycles. The van der Waals surface area contributed by atoms with E-state index in [1.165, 1.54) is 7.11 Å². The van der Waals surface area contributed by atoms with Crippen LogP contribution < -0.4 is 0 Å². The van der Waals surface area contributed by atoms with Gasteiger partial charge in [-0.2, -0.15) is 0 Å². The number of likely N-dealkylation sites (tertiary alicyclic amines) is 1. The number of furan rings is 1. The van der Waals surface area contributed by atoms with Crippen LogP contribution in [0.5, 0.6) is 0 Å². The van der Waals surface area contributed by atoms with E-state index in [-0.39, 0.29) is 17.6 Å². The van der Waals surface area contributed by atoms with Crippen LogP contribution in [-0.2, 0) is 20.8 Å². The van der Waals surface area contributed by atoms with Crippen LogP contribution in [0.1, 0.15) is 34.7 Å². The monoisotopic (exact) mass is 350 g/mol. The van der Waals surface area contributed by atoms with Gasteiger partial charge in [0.05, 0.1) is 32.8 Å². The third-order valence-electron chi connectivity index (χ3n) is 4.90. The molecule has 2 aliphatic rings. The standard InChI is InChI=1S/C18H26N2O5/c1-13-10-15(25-16(13)18(22)23-2)12-19-5-3-4-14(11-19)17(21)20-6-8-24-9-7-20/h10,14H,3-9,11-12H2,1-2H3. The predicted molar refractivity (Wildman–Crippen MR) is 90.2 cm³/mol. The van der Waals surface area contributed by atoms with Crippen molar-refractivity contribution < 1.29 is 23.5 Å². The summed E-state index contributed by atoms with van der Waals surface area (Å²) in [5, 5.41) is 0. The van der Waals surface area contributed by atoms with Gasteiger partial charge in [0.2, 0.25) is 11.7 Å². The zero-order valence-corrected chi connectivity index (χ0v) is 15.0. The maximum Gasteiger partial charge on any atom is 0.374 e. The van der Waals surface area contributed by atoms with Gasteiger partial charge in [-0.3, -0.25) is 9.69 Å². The molecule has 0 saturated carbocycles. The topological polar surface area (TPSA) is 72.2 Å². The molecule has 2 fully saturated rings. The Morgan fingerprint density at radius 3 is 2.76 bits per heavy atom. The molecule has 2 aliphatic heterocycles. The molecule has 7 heteroatoms. The van der Waals surface area contributed by atoms with Gasteiger partial charge >= 0.3 is 5.97 Å². The number of nitrogens with zero attached hydrogens (tertiary/aromatic N) is 2. The fourth-order valence-electron chi connectivity index (χ4n) is 3.58. The summed E-state index contributed by atoms with van der Waals surface area (Å²) in [5.74, 6) is 0.803. The maximum absolute atomic E-state index is 12.7. The smallest absolute Gasteiger partial charge is 0.374 e. The lowest BCUT2D eigenvalue weighted by molar-refractivity contribution is -0.141. The van der Waals surface area contributed by atoms with Crippen LogP contribution in [0, 0.1) is 12.8 Å². The molecule has 1 atom stereocenters. The van der Waals surface area contributed by atoms with Crippen LogP contribution in [0.3, 0.4) is 0 Å². The molecule has 1 amide bonds. The highest BCUT2D eigenvalue weighted by Gasteiger charge is 2.30. The number of esters is 1. The number of carbonyl (C=O) groups excluding carboxylic acids is 2. The Labute approximate surface area is 147 Å². The van der Waals surface area contributed by atoms with Gasteiger partial charge in [0.1, 0.15) is 5.76 Å². The van der Waals surface area contributed by atoms with Gasteiger partial charge in [-0.1, -0.05) is 0 Å². The Morgan fingerprint density at radius 1 is 1.28 bits per heavy atom. The van der Waals surface area contributed by atoms with Gasteiger partial charge in [-0.25, -0.2) is 4.79 Å². The van der Waals surface area contributed by atoms with Gasteiger partial charge in [0.25, 0.3) is 0 Å². The predicted octanol–water partition coefficient (Wildman–Crippen LogP) is 1.45. The minimum atomic E-state index is -0.456. The number of ether oxygens (including phenoxy) is 2. The maximum atomic E-state index is 12.7. The van der Waals surface area contributed by atoms with E-state index in [0.717, 1.165) is 37.3 Å². The molecule has 0 spiro atoms. The van der Waals surface area contributed by atoms with Crippen molar-refractivity contribution in [1.82, 2.24) is 9.80 Å². The fraction of sp³-hybridized carbons (Fsp3) is 0.667. The molecule has 0 aliphatic carbocycles. The summed E-state index contributed by atoms with van der Waals surface area (Å²) in [7, 11) is 1.34. The summed E-state index contributed by atoms with van der Waals surface area (Å²) in [6.45, 7) is 6.73. The molecule has 0 bridgehead atoms. The Kier molecular flexibility index (Phi) is 5.75. The number of aryl methyl sites for hydroxylation is 1. The van der Waals surface area contributed by atoms with E-state index < -0.39 is 5.97 Å². The van der Waals surface area contributed by atoms with Crippen molar-refractivity contribution >= 4 is 11.9 Å². The number of piperidine rings is 1. The summed E-state index contributed by atoms with van der Waals surface area (Å²) in [6, 6.07) is 1.87. The first-order chi connectivity index (χ1) is 12.1. The van der Waals surface area contributed by atoms with Crippen molar-refractivity contribution in [2.45, 2.75) is 26.3 Å². The number of methoxy groups -OCH3 is 1. The van der Waals surface area contributed by atoms with Crippen LogP contribution in [0.25, 0.3) is 0 Å². The average molecular weight is 350 g/mol. The van der Waals surface area contributed by atoms with E-state index in [4.69, 9.17) is 13.9 Å². The number of amides is 1. The summed E-state index contributed by atoms with van der Waals surface area (Å²) in [6.07, 6.45) is 1.92. The summed E-state index contributed by atoms with van der Waals surface area (Å²) in [5.41, 5.74) is 0.778. The van der Waals surface area contributed by atoms with Crippen molar-refractivity contribution in [1.29, 1.82) is 0 Å². The lowest BCUT2D eigenvalue weighted by atomic mass is 9.96. The number of carbonyl (C=O) groups is 2. The number of hydrogen-bond acceptors (Lipinski definition) is 6. The molecule has 0 aromatic carbocycles. The molecule has 3 rings (SSSR count). The van der Waals surface area contributed by atoms with Crippen molar-refractivity contribution in [3.05, 3.63) is 23.2 Å². The average Bonchev–Trinajstić information content (AvgIpc) is 3.01. The Hall–Kier alpha value is -1.86. The number of rotatable bonds is 4. The number of hydrogen-bond donors (Lipinski definition) is 0. The summed E-state index contributed by atoms with van der Waals surface area (Å²) in [4.78, 5) is 28.5. The van der Waals surface area contributed by atoms with Crippen LogP contribution in [0.2, 0.25) is 0 Å². The van der Waals surface area contributed by atoms with Crippen molar-refractivity contribution in [3.8, 4) is 0 Å². The fourth-order valence-corrected chi connectivity index (χ4v) is 3.58. The highest BCUT2D eigenvalue weighted by molar-refractivity contribution is 5.87. The third-order valence-corrected chi connectivity index (χ3v) is 4.90. The summed E-state index contributed by atoms with van der Waals surface area (Å²) < 4.78 is 15.7. The lowest BCUT2D eigenvalue weighted by Crippen LogP contribution is -2.48. The Morgan fingerprint density at radius 2 is 2.04 bits per heavy atom. The molecule has 7 nitrogen and oxygen atoms in total. The second-order valence-corrected chi connectivity index (χ2v) is 6.73. The number of morpholine rings is 1. The first kappa shape index (κ1) is 17.9. The van der Waals surface area contributed by atoms with Gasteiger partial charge in [-0.15, -0.1) is 0 Å². The SMILES string of the molecule is COC(=O)c1oc(CN2CCCC(C(=O)N3CCOCC3)C2)cc1C. The molecule has 2 saturated heterocycles. The quantitative estimate of drug-likeness (QED) is 0.766. The van der Waals surface area contributed by atoms with Crippen molar-refractivity contribution in [2.24, 2.45) is 5.92 Å². The Balaban J connectivity index is 1.60. The van der Waals surface area contributed by atoms with Gasteiger partial charge < -0.3 is 18.8 Å². The van der Waals surface area contributed by atoms with Crippen LogP contribution in [0.4, 0.5) is 0 Å². The van der Waals surface area contributed by atoms with Crippen LogP contribution >= 0.6 is 0 Å². The van der Waals surface area contributed by atoms with Crippen molar-refractivity contribution in [3.63, 3.8) is 0 Å². The van der Waals surface area contributed by atoms with Gasteiger partial charge in [-0.05, 0) is 32.4 Å².